The van der Waals surface area contributed by atoms with Gasteiger partial charge in [-0.1, -0.05) is 30.3 Å². The second-order valence-electron chi connectivity index (χ2n) is 8.40. The van der Waals surface area contributed by atoms with E-state index in [2.05, 4.69) is 0 Å². The molecule has 0 saturated carbocycles. The zero-order valence-electron chi connectivity index (χ0n) is 17.3. The number of hydrogen-bond acceptors (Lipinski definition) is 5. The number of hydroxylamine groups is 2. The van der Waals surface area contributed by atoms with Crippen molar-refractivity contribution >= 4 is 29.0 Å². The van der Waals surface area contributed by atoms with Crippen LogP contribution < -0.4 is 16.4 Å². The van der Waals surface area contributed by atoms with Crippen LogP contribution in [-0.2, 0) is 16.1 Å². The minimum absolute atomic E-state index is 0.367. The summed E-state index contributed by atoms with van der Waals surface area (Å²) in [4.78, 5) is 37.9. The number of aliphatic imine (C=N–C) groups is 1. The lowest BCUT2D eigenvalue weighted by Crippen LogP contribution is -2.53. The van der Waals surface area contributed by atoms with E-state index in [1.54, 1.807) is 25.7 Å². The highest BCUT2D eigenvalue weighted by Gasteiger charge is 2.42. The van der Waals surface area contributed by atoms with Crippen molar-refractivity contribution in [1.82, 2.24) is 5.06 Å². The average Bonchev–Trinajstić information content (AvgIpc) is 3.05. The summed E-state index contributed by atoms with van der Waals surface area (Å²) in [6.45, 7) is 5.79. The van der Waals surface area contributed by atoms with Crippen molar-refractivity contribution in [1.29, 1.82) is 0 Å². The van der Waals surface area contributed by atoms with Crippen LogP contribution in [0.4, 0.5) is 16.2 Å². The molecule has 2 heterocycles. The fourth-order valence-electron chi connectivity index (χ4n) is 3.85. The molecule has 30 heavy (non-hydrogen) atoms. The van der Waals surface area contributed by atoms with Crippen LogP contribution in [0.3, 0.4) is 0 Å². The highest BCUT2D eigenvalue weighted by Crippen LogP contribution is 2.38. The Morgan fingerprint density at radius 3 is 2.57 bits per heavy atom. The van der Waals surface area contributed by atoms with Gasteiger partial charge in [0.25, 0.3) is 5.91 Å². The van der Waals surface area contributed by atoms with Gasteiger partial charge in [0.2, 0.25) is 6.17 Å². The number of carbonyl (C=O) groups excluding carboxylic acids is 2. The summed E-state index contributed by atoms with van der Waals surface area (Å²) in [6.07, 6.45) is -0.582. The number of nitrogens with zero attached hydrogens (tertiary/aromatic N) is 3. The van der Waals surface area contributed by atoms with Gasteiger partial charge < -0.3 is 16.4 Å². The highest BCUT2D eigenvalue weighted by molar-refractivity contribution is 6.21. The molecule has 156 valence electrons. The van der Waals surface area contributed by atoms with E-state index in [4.69, 9.17) is 21.3 Å². The van der Waals surface area contributed by atoms with E-state index in [-0.39, 0.29) is 5.91 Å². The van der Waals surface area contributed by atoms with E-state index < -0.39 is 17.8 Å². The summed E-state index contributed by atoms with van der Waals surface area (Å²) in [5.41, 5.74) is 15.5. The Morgan fingerprint density at radius 1 is 1.23 bits per heavy atom. The molecule has 0 fully saturated rings. The first-order valence-electron chi connectivity index (χ1n) is 9.81. The number of hydrogen-bond donors (Lipinski definition) is 2. The molecular formula is C22H25N5O3. The summed E-state index contributed by atoms with van der Waals surface area (Å²) in [7, 11) is 0. The second-order valence-corrected chi connectivity index (χ2v) is 8.40. The smallest absolute Gasteiger partial charge is 0.341 e. The number of nitrogens with two attached hydrogens (primary N) is 2. The Bertz CT molecular complexity index is 1040. The van der Waals surface area contributed by atoms with Crippen molar-refractivity contribution in [2.75, 3.05) is 17.2 Å². The third-order valence-corrected chi connectivity index (χ3v) is 4.94. The van der Waals surface area contributed by atoms with Crippen molar-refractivity contribution in [3.8, 4) is 0 Å². The van der Waals surface area contributed by atoms with Gasteiger partial charge in [-0.15, -0.1) is 0 Å². The molecule has 0 spiro atoms. The molecule has 8 nitrogen and oxygen atoms in total. The van der Waals surface area contributed by atoms with Gasteiger partial charge >= 0.3 is 6.03 Å². The van der Waals surface area contributed by atoms with Crippen LogP contribution in [-0.4, -0.2) is 41.0 Å². The Labute approximate surface area is 175 Å². The lowest BCUT2D eigenvalue weighted by atomic mass is 9.97. The molecule has 2 aliphatic rings. The fraction of sp³-hybridized carbons (Fsp3) is 0.318. The summed E-state index contributed by atoms with van der Waals surface area (Å²) in [5, 5.41) is 0.874. The van der Waals surface area contributed by atoms with Crippen molar-refractivity contribution in [2.45, 2.75) is 39.0 Å². The van der Waals surface area contributed by atoms with Gasteiger partial charge in [-0.05, 0) is 44.9 Å². The summed E-state index contributed by atoms with van der Waals surface area (Å²) >= 11 is 0. The monoisotopic (exact) mass is 407 g/mol. The predicted molar refractivity (Wildman–Crippen MR) is 115 cm³/mol. The maximum absolute atomic E-state index is 13.5. The van der Waals surface area contributed by atoms with E-state index in [0.29, 0.717) is 24.4 Å². The van der Waals surface area contributed by atoms with Gasteiger partial charge in [-0.3, -0.25) is 9.63 Å². The summed E-state index contributed by atoms with van der Waals surface area (Å²) < 4.78 is 0. The standard InChI is InChI=1S/C22H25N5O3/c1-22(2,3)30-27(21(24)29)19-20(28)26-10-9-14-11-15(23)12-16(18(14)26)17(25-19)13-7-5-4-6-8-13/h4-8,11-12,19H,9-10,23H2,1-3H3,(H2,24,29)/t19-/m1/s1. The number of benzene rings is 2. The molecular weight excluding hydrogens is 382 g/mol. The second kappa shape index (κ2) is 7.14. The van der Waals surface area contributed by atoms with E-state index in [1.165, 1.54) is 0 Å². The van der Waals surface area contributed by atoms with Crippen molar-refractivity contribution in [2.24, 2.45) is 10.7 Å². The number of rotatable bonds is 3. The van der Waals surface area contributed by atoms with Crippen LogP contribution in [0.25, 0.3) is 0 Å². The first-order valence-corrected chi connectivity index (χ1v) is 9.81. The summed E-state index contributed by atoms with van der Waals surface area (Å²) in [5.74, 6) is -0.367. The van der Waals surface area contributed by atoms with Gasteiger partial charge in [0.15, 0.2) is 0 Å². The fourth-order valence-corrected chi connectivity index (χ4v) is 3.85. The van der Waals surface area contributed by atoms with Gasteiger partial charge in [0.1, 0.15) is 0 Å². The predicted octanol–water partition coefficient (Wildman–Crippen LogP) is 2.45. The largest absolute Gasteiger partial charge is 0.399 e. The lowest BCUT2D eigenvalue weighted by Gasteiger charge is -2.32. The molecule has 0 aromatic heterocycles. The van der Waals surface area contributed by atoms with E-state index >= 15 is 0 Å². The first kappa shape index (κ1) is 19.9. The topological polar surface area (TPSA) is 114 Å². The number of carbonyl (C=O) groups is 2. The van der Waals surface area contributed by atoms with Gasteiger partial charge in [-0.2, -0.15) is 5.06 Å². The molecule has 0 saturated heterocycles. The van der Waals surface area contributed by atoms with Crippen molar-refractivity contribution in [3.63, 3.8) is 0 Å². The Morgan fingerprint density at radius 2 is 1.93 bits per heavy atom. The molecule has 1 atom stereocenters. The zero-order valence-corrected chi connectivity index (χ0v) is 17.3. The Balaban J connectivity index is 1.95. The number of amides is 3. The Hall–Kier alpha value is -3.39. The highest BCUT2D eigenvalue weighted by atomic mass is 16.7. The summed E-state index contributed by atoms with van der Waals surface area (Å²) in [6, 6.07) is 12.3. The third kappa shape index (κ3) is 3.50. The van der Waals surface area contributed by atoms with Gasteiger partial charge in [0, 0.05) is 23.4 Å². The number of urea groups is 1. The van der Waals surface area contributed by atoms with Crippen molar-refractivity contribution < 1.29 is 14.4 Å². The van der Waals surface area contributed by atoms with E-state index in [0.717, 1.165) is 27.4 Å². The van der Waals surface area contributed by atoms with Crippen LogP contribution in [0.1, 0.15) is 37.5 Å². The van der Waals surface area contributed by atoms with Crippen LogP contribution in [0.15, 0.2) is 47.5 Å². The quantitative estimate of drug-likeness (QED) is 0.601. The van der Waals surface area contributed by atoms with E-state index in [1.807, 2.05) is 42.5 Å². The molecule has 4 rings (SSSR count). The molecule has 0 radical (unpaired) electrons. The van der Waals surface area contributed by atoms with Crippen molar-refractivity contribution in [3.05, 3.63) is 59.2 Å². The van der Waals surface area contributed by atoms with Crippen LogP contribution >= 0.6 is 0 Å². The molecule has 3 amide bonds. The van der Waals surface area contributed by atoms with Crippen LogP contribution in [0.2, 0.25) is 0 Å². The molecule has 0 aliphatic carbocycles. The number of primary amides is 1. The molecule has 0 bridgehead atoms. The molecule has 4 N–H and O–H groups in total. The first-order chi connectivity index (χ1) is 14.2. The maximum atomic E-state index is 13.5. The number of anilines is 2. The zero-order chi connectivity index (χ0) is 21.6. The van der Waals surface area contributed by atoms with E-state index in [9.17, 15) is 9.59 Å². The molecule has 2 aliphatic heterocycles. The molecule has 0 unspecified atom stereocenters. The average molecular weight is 407 g/mol. The minimum atomic E-state index is -1.25. The normalized spacial score (nSPS) is 18.0. The Kier molecular flexibility index (Phi) is 4.74. The van der Waals surface area contributed by atoms with Crippen LogP contribution in [0.5, 0.6) is 0 Å². The van der Waals surface area contributed by atoms with Gasteiger partial charge in [0.05, 0.1) is 17.0 Å². The number of nitrogen functional groups attached to an aromatic ring is 1. The third-order valence-electron chi connectivity index (χ3n) is 4.94. The van der Waals surface area contributed by atoms with Crippen LogP contribution in [0, 0.1) is 0 Å². The van der Waals surface area contributed by atoms with Gasteiger partial charge in [-0.25, -0.2) is 9.79 Å². The molecule has 2 aromatic rings. The maximum Gasteiger partial charge on any atom is 0.341 e. The SMILES string of the molecule is CC(C)(C)ON(C(N)=O)[C@H]1N=C(c2ccccc2)c2cc(N)cc3c2N(CC3)C1=O. The minimum Gasteiger partial charge on any atom is -0.399 e. The molecule has 2 aromatic carbocycles. The molecule has 8 heteroatoms. The lowest BCUT2D eigenvalue weighted by molar-refractivity contribution is -0.210.